The summed E-state index contributed by atoms with van der Waals surface area (Å²) >= 11 is 0. The molecule has 0 atom stereocenters. The molecule has 1 saturated carbocycles. The zero-order chi connectivity index (χ0) is 11.7. The summed E-state index contributed by atoms with van der Waals surface area (Å²) in [5.41, 5.74) is 2.05. The highest BCUT2D eigenvalue weighted by Gasteiger charge is 2.20. The minimum absolute atomic E-state index is 0.562. The van der Waals surface area contributed by atoms with Gasteiger partial charge in [0.05, 0.1) is 11.9 Å². The Hall–Kier alpha value is -1.71. The molecule has 3 rings (SSSR count). The second-order valence-electron chi connectivity index (χ2n) is 4.68. The third kappa shape index (κ3) is 2.07. The van der Waals surface area contributed by atoms with Gasteiger partial charge in [-0.3, -0.25) is 4.68 Å². The van der Waals surface area contributed by atoms with Crippen molar-refractivity contribution in [2.45, 2.75) is 31.6 Å². The standard InChI is InChI=1S/C13H16N4/c1-17-9-11(8-15-17)12-6-7-14-13(16-12)10-4-2-3-5-10/h6-10H,2-5H2,1H3. The lowest BCUT2D eigenvalue weighted by Gasteiger charge is -2.07. The van der Waals surface area contributed by atoms with Crippen LogP contribution in [0.1, 0.15) is 37.4 Å². The second kappa shape index (κ2) is 4.28. The fourth-order valence-corrected chi connectivity index (χ4v) is 2.47. The molecule has 2 aromatic heterocycles. The molecule has 0 aromatic carbocycles. The molecule has 0 radical (unpaired) electrons. The number of hydrogen-bond acceptors (Lipinski definition) is 3. The van der Waals surface area contributed by atoms with Crippen LogP contribution in [0.15, 0.2) is 24.7 Å². The minimum Gasteiger partial charge on any atom is -0.275 e. The Kier molecular flexibility index (Phi) is 2.63. The molecular formula is C13H16N4. The van der Waals surface area contributed by atoms with Crippen LogP contribution in [0.2, 0.25) is 0 Å². The molecule has 0 spiro atoms. The SMILES string of the molecule is Cn1cc(-c2ccnc(C3CCCC3)n2)cn1. The van der Waals surface area contributed by atoms with E-state index >= 15 is 0 Å². The molecule has 0 saturated heterocycles. The van der Waals surface area contributed by atoms with Gasteiger partial charge in [-0.25, -0.2) is 9.97 Å². The van der Waals surface area contributed by atoms with Gasteiger partial charge in [0.2, 0.25) is 0 Å². The third-order valence-electron chi connectivity index (χ3n) is 3.40. The third-order valence-corrected chi connectivity index (χ3v) is 3.40. The lowest BCUT2D eigenvalue weighted by Crippen LogP contribution is -2.00. The van der Waals surface area contributed by atoms with E-state index in [0.29, 0.717) is 5.92 Å². The maximum atomic E-state index is 4.67. The molecule has 1 fully saturated rings. The highest BCUT2D eigenvalue weighted by molar-refractivity contribution is 5.56. The highest BCUT2D eigenvalue weighted by Crippen LogP contribution is 2.32. The van der Waals surface area contributed by atoms with E-state index in [4.69, 9.17) is 0 Å². The predicted octanol–water partition coefficient (Wildman–Crippen LogP) is 2.53. The molecule has 2 aromatic rings. The molecular weight excluding hydrogens is 212 g/mol. The van der Waals surface area contributed by atoms with E-state index in [9.17, 15) is 0 Å². The normalized spacial score (nSPS) is 16.5. The molecule has 0 N–H and O–H groups in total. The fraction of sp³-hybridized carbons (Fsp3) is 0.462. The molecule has 0 unspecified atom stereocenters. The average Bonchev–Trinajstić information content (AvgIpc) is 3.00. The first-order valence-corrected chi connectivity index (χ1v) is 6.15. The van der Waals surface area contributed by atoms with Crippen molar-refractivity contribution >= 4 is 0 Å². The van der Waals surface area contributed by atoms with Crippen molar-refractivity contribution in [3.8, 4) is 11.3 Å². The van der Waals surface area contributed by atoms with Crippen molar-refractivity contribution < 1.29 is 0 Å². The van der Waals surface area contributed by atoms with Crippen LogP contribution in [0.5, 0.6) is 0 Å². The highest BCUT2D eigenvalue weighted by atomic mass is 15.2. The van der Waals surface area contributed by atoms with Crippen LogP contribution in [0.3, 0.4) is 0 Å². The Bertz CT molecular complexity index is 512. The zero-order valence-corrected chi connectivity index (χ0v) is 10.0. The first-order valence-electron chi connectivity index (χ1n) is 6.15. The van der Waals surface area contributed by atoms with Crippen molar-refractivity contribution in [1.82, 2.24) is 19.7 Å². The topological polar surface area (TPSA) is 43.6 Å². The van der Waals surface area contributed by atoms with Gasteiger partial charge in [-0.2, -0.15) is 5.10 Å². The van der Waals surface area contributed by atoms with Crippen molar-refractivity contribution in [2.24, 2.45) is 7.05 Å². The van der Waals surface area contributed by atoms with Crippen LogP contribution in [-0.2, 0) is 7.05 Å². The molecule has 4 heteroatoms. The molecule has 0 amide bonds. The van der Waals surface area contributed by atoms with Gasteiger partial charge in [0.15, 0.2) is 0 Å². The monoisotopic (exact) mass is 228 g/mol. The number of aromatic nitrogens is 4. The maximum Gasteiger partial charge on any atom is 0.132 e. The van der Waals surface area contributed by atoms with Crippen molar-refractivity contribution in [3.05, 3.63) is 30.5 Å². The predicted molar refractivity (Wildman–Crippen MR) is 65.4 cm³/mol. The quantitative estimate of drug-likeness (QED) is 0.793. The molecule has 1 aliphatic rings. The summed E-state index contributed by atoms with van der Waals surface area (Å²) in [7, 11) is 1.92. The molecule has 2 heterocycles. The summed E-state index contributed by atoms with van der Waals surface area (Å²) in [5, 5.41) is 4.18. The van der Waals surface area contributed by atoms with Gasteiger partial charge in [-0.05, 0) is 18.9 Å². The Morgan fingerprint density at radius 1 is 1.29 bits per heavy atom. The van der Waals surface area contributed by atoms with E-state index in [1.807, 2.05) is 31.7 Å². The molecule has 1 aliphatic carbocycles. The van der Waals surface area contributed by atoms with Crippen LogP contribution >= 0.6 is 0 Å². The zero-order valence-electron chi connectivity index (χ0n) is 10.0. The van der Waals surface area contributed by atoms with E-state index < -0.39 is 0 Å². The van der Waals surface area contributed by atoms with Crippen LogP contribution in [0.4, 0.5) is 0 Å². The average molecular weight is 228 g/mol. The van der Waals surface area contributed by atoms with Gasteiger partial charge in [0.25, 0.3) is 0 Å². The Morgan fingerprint density at radius 3 is 2.82 bits per heavy atom. The first kappa shape index (κ1) is 10.4. The van der Waals surface area contributed by atoms with Crippen LogP contribution in [0.25, 0.3) is 11.3 Å². The minimum atomic E-state index is 0.562. The van der Waals surface area contributed by atoms with E-state index in [-0.39, 0.29) is 0 Å². The van der Waals surface area contributed by atoms with E-state index in [2.05, 4.69) is 15.1 Å². The molecule has 4 nitrogen and oxygen atoms in total. The molecule has 0 aliphatic heterocycles. The van der Waals surface area contributed by atoms with Crippen LogP contribution in [-0.4, -0.2) is 19.7 Å². The number of aryl methyl sites for hydroxylation is 1. The number of hydrogen-bond donors (Lipinski definition) is 0. The first-order chi connectivity index (χ1) is 8.33. The van der Waals surface area contributed by atoms with Gasteiger partial charge in [-0.1, -0.05) is 12.8 Å². The van der Waals surface area contributed by atoms with Crippen molar-refractivity contribution in [1.29, 1.82) is 0 Å². The Balaban J connectivity index is 1.93. The lowest BCUT2D eigenvalue weighted by molar-refractivity contribution is 0.668. The van der Waals surface area contributed by atoms with Gasteiger partial charge >= 0.3 is 0 Å². The number of rotatable bonds is 2. The second-order valence-corrected chi connectivity index (χ2v) is 4.68. The van der Waals surface area contributed by atoms with Crippen molar-refractivity contribution in [3.63, 3.8) is 0 Å². The van der Waals surface area contributed by atoms with E-state index in [1.54, 1.807) is 4.68 Å². The molecule has 17 heavy (non-hydrogen) atoms. The molecule has 88 valence electrons. The van der Waals surface area contributed by atoms with Crippen LogP contribution < -0.4 is 0 Å². The summed E-state index contributed by atoms with van der Waals surface area (Å²) in [6, 6.07) is 1.95. The summed E-state index contributed by atoms with van der Waals surface area (Å²) in [5.74, 6) is 1.57. The van der Waals surface area contributed by atoms with E-state index in [0.717, 1.165) is 17.1 Å². The Labute approximate surface area is 101 Å². The fourth-order valence-electron chi connectivity index (χ4n) is 2.47. The summed E-state index contributed by atoms with van der Waals surface area (Å²) in [6.07, 6.45) is 10.8. The maximum absolute atomic E-state index is 4.67. The van der Waals surface area contributed by atoms with Gasteiger partial charge in [-0.15, -0.1) is 0 Å². The smallest absolute Gasteiger partial charge is 0.132 e. The van der Waals surface area contributed by atoms with Gasteiger partial charge < -0.3 is 0 Å². The lowest BCUT2D eigenvalue weighted by atomic mass is 10.1. The summed E-state index contributed by atoms with van der Waals surface area (Å²) in [6.45, 7) is 0. The Morgan fingerprint density at radius 2 is 2.12 bits per heavy atom. The summed E-state index contributed by atoms with van der Waals surface area (Å²) < 4.78 is 1.80. The molecule has 0 bridgehead atoms. The van der Waals surface area contributed by atoms with E-state index in [1.165, 1.54) is 25.7 Å². The van der Waals surface area contributed by atoms with Gasteiger partial charge in [0.1, 0.15) is 5.82 Å². The van der Waals surface area contributed by atoms with Gasteiger partial charge in [0, 0.05) is 30.9 Å². The number of nitrogens with zero attached hydrogens (tertiary/aromatic N) is 4. The largest absolute Gasteiger partial charge is 0.275 e. The van der Waals surface area contributed by atoms with Crippen LogP contribution in [0, 0.1) is 0 Å². The van der Waals surface area contributed by atoms with Crippen molar-refractivity contribution in [2.75, 3.05) is 0 Å². The summed E-state index contributed by atoms with van der Waals surface area (Å²) in [4.78, 5) is 9.09.